The van der Waals surface area contributed by atoms with Gasteiger partial charge in [0.2, 0.25) is 5.95 Å². The molecule has 88 valence electrons. The third kappa shape index (κ3) is 1.99. The first-order valence-electron chi connectivity index (χ1n) is 5.06. The number of carbonyl (C=O) groups is 1. The summed E-state index contributed by atoms with van der Waals surface area (Å²) in [5.74, 6) is 0.0439. The van der Waals surface area contributed by atoms with Crippen molar-refractivity contribution in [2.45, 2.75) is 25.4 Å². The molecule has 0 saturated carbocycles. The average Bonchev–Trinajstić information content (AvgIpc) is 2.88. The number of ether oxygens (including phenoxy) is 2. The number of hydrogen-bond acceptors (Lipinski definition) is 5. The van der Waals surface area contributed by atoms with Gasteiger partial charge in [0.25, 0.3) is 5.91 Å². The van der Waals surface area contributed by atoms with Gasteiger partial charge in [0.15, 0.2) is 0 Å². The Morgan fingerprint density at radius 3 is 3.06 bits per heavy atom. The molecule has 1 amide bonds. The SMILES string of the molecule is COc1n[nH]c(NC(=O)C2(C)CCCO2)n1. The van der Waals surface area contributed by atoms with Crippen LogP contribution in [0.4, 0.5) is 5.95 Å². The van der Waals surface area contributed by atoms with Crippen molar-refractivity contribution in [1.82, 2.24) is 15.2 Å². The van der Waals surface area contributed by atoms with E-state index in [-0.39, 0.29) is 17.9 Å². The molecule has 1 aromatic rings. The largest absolute Gasteiger partial charge is 0.466 e. The van der Waals surface area contributed by atoms with Crippen LogP contribution in [0.2, 0.25) is 0 Å². The number of anilines is 1. The molecule has 2 rings (SSSR count). The fourth-order valence-corrected chi connectivity index (χ4v) is 1.59. The molecule has 7 heteroatoms. The molecule has 0 bridgehead atoms. The number of H-pyrrole nitrogens is 1. The van der Waals surface area contributed by atoms with Gasteiger partial charge in [-0.25, -0.2) is 5.10 Å². The number of methoxy groups -OCH3 is 1. The van der Waals surface area contributed by atoms with Crippen LogP contribution in [0.1, 0.15) is 19.8 Å². The van der Waals surface area contributed by atoms with E-state index < -0.39 is 5.60 Å². The van der Waals surface area contributed by atoms with E-state index in [9.17, 15) is 4.79 Å². The van der Waals surface area contributed by atoms with Crippen molar-refractivity contribution in [2.24, 2.45) is 0 Å². The minimum Gasteiger partial charge on any atom is -0.466 e. The molecule has 0 radical (unpaired) electrons. The van der Waals surface area contributed by atoms with E-state index in [1.54, 1.807) is 6.92 Å². The summed E-state index contributed by atoms with van der Waals surface area (Å²) in [6, 6.07) is 0.188. The first-order chi connectivity index (χ1) is 7.64. The van der Waals surface area contributed by atoms with Crippen molar-refractivity contribution < 1.29 is 14.3 Å². The molecule has 1 saturated heterocycles. The zero-order valence-corrected chi connectivity index (χ0v) is 9.24. The number of aromatic amines is 1. The fraction of sp³-hybridized carbons (Fsp3) is 0.667. The van der Waals surface area contributed by atoms with Crippen LogP contribution in [-0.2, 0) is 9.53 Å². The van der Waals surface area contributed by atoms with Gasteiger partial charge in [0.05, 0.1) is 7.11 Å². The third-order valence-electron chi connectivity index (χ3n) is 2.58. The smallest absolute Gasteiger partial charge is 0.336 e. The minimum atomic E-state index is -0.764. The molecule has 1 aromatic heterocycles. The van der Waals surface area contributed by atoms with Crippen LogP contribution in [0, 0.1) is 0 Å². The standard InChI is InChI=1S/C9H14N4O3/c1-9(4-3-5-16-9)6(14)10-7-11-8(15-2)13-12-7/h3-5H2,1-2H3,(H2,10,11,12,13,14). The Hall–Kier alpha value is -1.63. The molecule has 0 aromatic carbocycles. The number of hydrogen-bond donors (Lipinski definition) is 2. The maximum atomic E-state index is 11.9. The van der Waals surface area contributed by atoms with Gasteiger partial charge in [-0.05, 0) is 19.8 Å². The number of amides is 1. The highest BCUT2D eigenvalue weighted by Gasteiger charge is 2.38. The Labute approximate surface area is 92.5 Å². The highest BCUT2D eigenvalue weighted by Crippen LogP contribution is 2.26. The summed E-state index contributed by atoms with van der Waals surface area (Å²) in [7, 11) is 1.45. The predicted octanol–water partition coefficient (Wildman–Crippen LogP) is 0.321. The molecule has 1 aliphatic rings. The van der Waals surface area contributed by atoms with E-state index in [2.05, 4.69) is 20.5 Å². The first kappa shape index (κ1) is 10.9. The third-order valence-corrected chi connectivity index (χ3v) is 2.58. The van der Waals surface area contributed by atoms with E-state index in [0.29, 0.717) is 13.0 Å². The molecule has 2 N–H and O–H groups in total. The lowest BCUT2D eigenvalue weighted by atomic mass is 10.0. The van der Waals surface area contributed by atoms with Gasteiger partial charge in [0.1, 0.15) is 5.60 Å². The normalized spacial score (nSPS) is 24.4. The van der Waals surface area contributed by atoms with E-state index in [1.807, 2.05) is 0 Å². The Kier molecular flexibility index (Phi) is 2.78. The lowest BCUT2D eigenvalue weighted by Crippen LogP contribution is -2.39. The minimum absolute atomic E-state index is 0.188. The van der Waals surface area contributed by atoms with Crippen LogP contribution in [0.5, 0.6) is 6.01 Å². The number of carbonyl (C=O) groups excluding carboxylic acids is 1. The van der Waals surface area contributed by atoms with E-state index in [1.165, 1.54) is 7.11 Å². The van der Waals surface area contributed by atoms with Gasteiger partial charge >= 0.3 is 6.01 Å². The molecular formula is C9H14N4O3. The van der Waals surface area contributed by atoms with Crippen LogP contribution in [0.25, 0.3) is 0 Å². The summed E-state index contributed by atoms with van der Waals surface area (Å²) in [4.78, 5) is 15.8. The molecule has 1 atom stereocenters. The van der Waals surface area contributed by atoms with E-state index >= 15 is 0 Å². The lowest BCUT2D eigenvalue weighted by Gasteiger charge is -2.20. The molecule has 1 unspecified atom stereocenters. The molecule has 0 aliphatic carbocycles. The van der Waals surface area contributed by atoms with Gasteiger partial charge in [-0.1, -0.05) is 0 Å². The van der Waals surface area contributed by atoms with E-state index in [4.69, 9.17) is 9.47 Å². The van der Waals surface area contributed by atoms with Gasteiger partial charge in [-0.15, -0.1) is 5.10 Å². The second-order valence-electron chi connectivity index (χ2n) is 3.81. The van der Waals surface area contributed by atoms with Gasteiger partial charge in [0, 0.05) is 6.61 Å². The molecule has 1 aliphatic heterocycles. The second-order valence-corrected chi connectivity index (χ2v) is 3.81. The number of nitrogens with zero attached hydrogens (tertiary/aromatic N) is 2. The fourth-order valence-electron chi connectivity index (χ4n) is 1.59. The van der Waals surface area contributed by atoms with Gasteiger partial charge in [-0.2, -0.15) is 4.98 Å². The number of nitrogens with one attached hydrogen (secondary N) is 2. The van der Waals surface area contributed by atoms with Crippen molar-refractivity contribution in [3.63, 3.8) is 0 Å². The van der Waals surface area contributed by atoms with Crippen molar-refractivity contribution in [3.05, 3.63) is 0 Å². The number of rotatable bonds is 3. The highest BCUT2D eigenvalue weighted by atomic mass is 16.5. The summed E-state index contributed by atoms with van der Waals surface area (Å²) >= 11 is 0. The number of aromatic nitrogens is 3. The quantitative estimate of drug-likeness (QED) is 0.774. The van der Waals surface area contributed by atoms with Gasteiger partial charge in [-0.3, -0.25) is 10.1 Å². The summed E-state index contributed by atoms with van der Waals surface area (Å²) in [6.07, 6.45) is 1.60. The van der Waals surface area contributed by atoms with Crippen LogP contribution in [0.15, 0.2) is 0 Å². The van der Waals surface area contributed by atoms with Gasteiger partial charge < -0.3 is 9.47 Å². The second kappa shape index (κ2) is 4.09. The molecule has 0 spiro atoms. The van der Waals surface area contributed by atoms with Crippen LogP contribution in [0.3, 0.4) is 0 Å². The van der Waals surface area contributed by atoms with Crippen LogP contribution < -0.4 is 10.1 Å². The van der Waals surface area contributed by atoms with Crippen molar-refractivity contribution in [3.8, 4) is 6.01 Å². The summed E-state index contributed by atoms with van der Waals surface area (Å²) < 4.78 is 10.2. The Bertz CT molecular complexity index is 384. The van der Waals surface area contributed by atoms with E-state index in [0.717, 1.165) is 6.42 Å². The molecular weight excluding hydrogens is 212 g/mol. The molecule has 7 nitrogen and oxygen atoms in total. The highest BCUT2D eigenvalue weighted by molar-refractivity contribution is 5.95. The van der Waals surface area contributed by atoms with Crippen molar-refractivity contribution >= 4 is 11.9 Å². The maximum absolute atomic E-state index is 11.9. The summed E-state index contributed by atoms with van der Waals surface area (Å²) in [5, 5.41) is 8.88. The van der Waals surface area contributed by atoms with Crippen molar-refractivity contribution in [1.29, 1.82) is 0 Å². The summed E-state index contributed by atoms with van der Waals surface area (Å²) in [5.41, 5.74) is -0.764. The zero-order valence-electron chi connectivity index (χ0n) is 9.24. The Balaban J connectivity index is 2.01. The predicted molar refractivity (Wildman–Crippen MR) is 55.2 cm³/mol. The average molecular weight is 226 g/mol. The zero-order chi connectivity index (χ0) is 11.6. The lowest BCUT2D eigenvalue weighted by molar-refractivity contribution is -0.133. The Morgan fingerprint density at radius 1 is 1.69 bits per heavy atom. The van der Waals surface area contributed by atoms with Crippen LogP contribution in [-0.4, -0.2) is 40.4 Å². The summed E-state index contributed by atoms with van der Waals surface area (Å²) in [6.45, 7) is 2.38. The monoisotopic (exact) mass is 226 g/mol. The Morgan fingerprint density at radius 2 is 2.50 bits per heavy atom. The topological polar surface area (TPSA) is 89.1 Å². The molecule has 2 heterocycles. The van der Waals surface area contributed by atoms with Crippen molar-refractivity contribution in [2.75, 3.05) is 19.0 Å². The maximum Gasteiger partial charge on any atom is 0.336 e. The molecule has 16 heavy (non-hydrogen) atoms. The first-order valence-corrected chi connectivity index (χ1v) is 5.06. The molecule has 1 fully saturated rings. The van der Waals surface area contributed by atoms with Crippen LogP contribution >= 0.6 is 0 Å².